The van der Waals surface area contributed by atoms with Gasteiger partial charge >= 0.3 is 0 Å². The fourth-order valence-electron chi connectivity index (χ4n) is 3.23. The molecule has 1 amide bonds. The van der Waals surface area contributed by atoms with Crippen molar-refractivity contribution in [3.63, 3.8) is 0 Å². The van der Waals surface area contributed by atoms with Crippen molar-refractivity contribution in [3.8, 4) is 11.5 Å². The Bertz CT molecular complexity index is 620. The molecule has 0 atom stereocenters. The molecule has 2 rings (SSSR count). The lowest BCUT2D eigenvalue weighted by Gasteiger charge is -2.35. The highest BCUT2D eigenvalue weighted by Gasteiger charge is 2.23. The van der Waals surface area contributed by atoms with Crippen LogP contribution in [0.4, 0.5) is 0 Å². The molecule has 1 aliphatic rings. The van der Waals surface area contributed by atoms with Gasteiger partial charge in [0.25, 0.3) is 0 Å². The molecule has 0 bridgehead atoms. The molecule has 1 fully saturated rings. The third-order valence-corrected chi connectivity index (χ3v) is 4.87. The molecule has 0 unspecified atom stereocenters. The van der Waals surface area contributed by atoms with Gasteiger partial charge in [0, 0.05) is 32.3 Å². The number of ether oxygens (including phenoxy) is 2. The molecule has 0 aliphatic carbocycles. The number of nitrogens with zero attached hydrogens (tertiary/aromatic N) is 2. The van der Waals surface area contributed by atoms with Crippen LogP contribution in [0.5, 0.6) is 11.5 Å². The lowest BCUT2D eigenvalue weighted by Crippen LogP contribution is -2.45. The van der Waals surface area contributed by atoms with Gasteiger partial charge in [0.1, 0.15) is 0 Å². The van der Waals surface area contributed by atoms with E-state index in [2.05, 4.69) is 11.8 Å². The Labute approximate surface area is 157 Å². The van der Waals surface area contributed by atoms with E-state index in [1.54, 1.807) is 13.2 Å². The maximum atomic E-state index is 12.5. The number of likely N-dealkylation sites (N-methyl/N-ethyl adjacent to an activating group) is 1. The zero-order valence-corrected chi connectivity index (χ0v) is 16.7. The van der Waals surface area contributed by atoms with Gasteiger partial charge in [-0.2, -0.15) is 0 Å². The smallest absolute Gasteiger partial charge is 0.246 e. The third kappa shape index (κ3) is 5.49. The first-order valence-electron chi connectivity index (χ1n) is 9.46. The lowest BCUT2D eigenvalue weighted by molar-refractivity contribution is -0.127. The Morgan fingerprint density at radius 2 is 2.00 bits per heavy atom. The zero-order chi connectivity index (χ0) is 19.1. The summed E-state index contributed by atoms with van der Waals surface area (Å²) in [6.07, 6.45) is 5.64. The van der Waals surface area contributed by atoms with E-state index in [0.29, 0.717) is 17.5 Å². The van der Waals surface area contributed by atoms with Crippen molar-refractivity contribution >= 4 is 12.0 Å². The molecule has 0 N–H and O–H groups in total. The topological polar surface area (TPSA) is 42.0 Å². The molecule has 5 nitrogen and oxygen atoms in total. The number of carbonyl (C=O) groups is 1. The van der Waals surface area contributed by atoms with Crippen molar-refractivity contribution in [2.24, 2.45) is 0 Å². The second-order valence-corrected chi connectivity index (χ2v) is 7.02. The number of methoxy groups -OCH3 is 1. The summed E-state index contributed by atoms with van der Waals surface area (Å²) in [5.74, 6) is 1.43. The molecule has 1 aromatic carbocycles. The van der Waals surface area contributed by atoms with Gasteiger partial charge in [0.15, 0.2) is 11.5 Å². The van der Waals surface area contributed by atoms with Crippen molar-refractivity contribution in [3.05, 3.63) is 29.8 Å². The predicted molar refractivity (Wildman–Crippen MR) is 106 cm³/mol. The average Bonchev–Trinajstić information content (AvgIpc) is 2.65. The van der Waals surface area contributed by atoms with E-state index in [9.17, 15) is 4.79 Å². The number of hydrogen-bond acceptors (Lipinski definition) is 4. The van der Waals surface area contributed by atoms with E-state index in [4.69, 9.17) is 9.47 Å². The summed E-state index contributed by atoms with van der Waals surface area (Å²) in [4.78, 5) is 16.8. The second kappa shape index (κ2) is 9.62. The fraction of sp³-hybridized carbons (Fsp3) is 0.571. The molecule has 0 aromatic heterocycles. The normalized spacial score (nSPS) is 16.2. The van der Waals surface area contributed by atoms with Crippen LogP contribution in [0.15, 0.2) is 24.3 Å². The molecule has 144 valence electrons. The summed E-state index contributed by atoms with van der Waals surface area (Å²) >= 11 is 0. The van der Waals surface area contributed by atoms with E-state index >= 15 is 0 Å². The van der Waals surface area contributed by atoms with E-state index < -0.39 is 0 Å². The van der Waals surface area contributed by atoms with Gasteiger partial charge in [-0.05, 0) is 57.0 Å². The number of likely N-dealkylation sites (tertiary alicyclic amines) is 1. The van der Waals surface area contributed by atoms with Crippen LogP contribution in [0.3, 0.4) is 0 Å². The van der Waals surface area contributed by atoms with Crippen molar-refractivity contribution in [2.45, 2.75) is 45.8 Å². The maximum Gasteiger partial charge on any atom is 0.246 e. The van der Waals surface area contributed by atoms with Crippen LogP contribution in [0.2, 0.25) is 0 Å². The van der Waals surface area contributed by atoms with Gasteiger partial charge < -0.3 is 19.3 Å². The quantitative estimate of drug-likeness (QED) is 0.699. The Morgan fingerprint density at radius 3 is 2.58 bits per heavy atom. The number of amides is 1. The number of carbonyl (C=O) groups excluding carboxylic acids is 1. The highest BCUT2D eigenvalue weighted by molar-refractivity contribution is 5.91. The molecular weight excluding hydrogens is 328 g/mol. The van der Waals surface area contributed by atoms with E-state index in [-0.39, 0.29) is 12.0 Å². The van der Waals surface area contributed by atoms with Crippen LogP contribution in [-0.2, 0) is 4.79 Å². The number of benzene rings is 1. The minimum Gasteiger partial charge on any atom is -0.493 e. The molecule has 26 heavy (non-hydrogen) atoms. The van der Waals surface area contributed by atoms with E-state index in [1.165, 1.54) is 0 Å². The Balaban J connectivity index is 1.98. The fourth-order valence-corrected chi connectivity index (χ4v) is 3.23. The average molecular weight is 360 g/mol. The van der Waals surface area contributed by atoms with Gasteiger partial charge in [0.05, 0.1) is 13.2 Å². The lowest BCUT2D eigenvalue weighted by atomic mass is 10.0. The van der Waals surface area contributed by atoms with Gasteiger partial charge in [-0.3, -0.25) is 4.79 Å². The summed E-state index contributed by atoms with van der Waals surface area (Å²) in [6, 6.07) is 6.03. The highest BCUT2D eigenvalue weighted by atomic mass is 16.5. The Morgan fingerprint density at radius 1 is 1.31 bits per heavy atom. The van der Waals surface area contributed by atoms with Gasteiger partial charge in [-0.1, -0.05) is 13.0 Å². The summed E-state index contributed by atoms with van der Waals surface area (Å²) in [7, 11) is 3.52. The number of hydrogen-bond donors (Lipinski definition) is 0. The number of rotatable bonds is 7. The van der Waals surface area contributed by atoms with Crippen LogP contribution in [0.25, 0.3) is 6.08 Å². The first-order chi connectivity index (χ1) is 12.4. The summed E-state index contributed by atoms with van der Waals surface area (Å²) in [6.45, 7) is 9.36. The van der Waals surface area contributed by atoms with E-state index in [1.807, 2.05) is 50.1 Å². The van der Waals surface area contributed by atoms with Crippen LogP contribution in [0, 0.1) is 0 Å². The number of piperidine rings is 1. The molecule has 0 spiro atoms. The minimum atomic E-state index is 0.0430. The van der Waals surface area contributed by atoms with Crippen molar-refractivity contribution in [1.82, 2.24) is 9.80 Å². The van der Waals surface area contributed by atoms with Crippen LogP contribution < -0.4 is 9.47 Å². The maximum absolute atomic E-state index is 12.5. The standard InChI is InChI=1S/C21H32N2O3/c1-6-23-13-11-18(12-14-23)22(4)21(24)10-8-17-7-9-19(26-16(2)3)20(15-17)25-5/h7-10,15-16,18H,6,11-14H2,1-5H3/b10-8+. The van der Waals surface area contributed by atoms with Crippen molar-refractivity contribution in [2.75, 3.05) is 33.8 Å². The molecule has 1 aliphatic heterocycles. The predicted octanol–water partition coefficient (Wildman–Crippen LogP) is 3.44. The SMILES string of the molecule is CCN1CCC(N(C)C(=O)/C=C/c2ccc(OC(C)C)c(OC)c2)CC1. The van der Waals surface area contributed by atoms with E-state index in [0.717, 1.165) is 38.0 Å². The summed E-state index contributed by atoms with van der Waals surface area (Å²) < 4.78 is 11.1. The van der Waals surface area contributed by atoms with Crippen LogP contribution in [0.1, 0.15) is 39.2 Å². The molecule has 0 radical (unpaired) electrons. The molecule has 5 heteroatoms. The molecule has 1 heterocycles. The minimum absolute atomic E-state index is 0.0430. The van der Waals surface area contributed by atoms with Gasteiger partial charge in [0.2, 0.25) is 5.91 Å². The Kier molecular flexibility index (Phi) is 7.51. The largest absolute Gasteiger partial charge is 0.493 e. The van der Waals surface area contributed by atoms with Gasteiger partial charge in [-0.25, -0.2) is 0 Å². The molecule has 1 aromatic rings. The molecule has 0 saturated carbocycles. The monoisotopic (exact) mass is 360 g/mol. The zero-order valence-electron chi connectivity index (χ0n) is 16.7. The third-order valence-electron chi connectivity index (χ3n) is 4.87. The van der Waals surface area contributed by atoms with Crippen LogP contribution >= 0.6 is 0 Å². The van der Waals surface area contributed by atoms with Crippen molar-refractivity contribution in [1.29, 1.82) is 0 Å². The first kappa shape index (κ1) is 20.3. The summed E-state index contributed by atoms with van der Waals surface area (Å²) in [5.41, 5.74) is 0.917. The molecule has 1 saturated heterocycles. The summed E-state index contributed by atoms with van der Waals surface area (Å²) in [5, 5.41) is 0. The van der Waals surface area contributed by atoms with Crippen molar-refractivity contribution < 1.29 is 14.3 Å². The Hall–Kier alpha value is -2.01. The molecular formula is C21H32N2O3. The van der Waals surface area contributed by atoms with Gasteiger partial charge in [-0.15, -0.1) is 0 Å². The van der Waals surface area contributed by atoms with Crippen LogP contribution in [-0.4, -0.2) is 61.6 Å². The second-order valence-electron chi connectivity index (χ2n) is 7.02. The highest BCUT2D eigenvalue weighted by Crippen LogP contribution is 2.29. The first-order valence-corrected chi connectivity index (χ1v) is 9.46.